The number of benzene rings is 1. The second kappa shape index (κ2) is 8.07. The molecule has 4 rings (SSSR count). The van der Waals surface area contributed by atoms with Gasteiger partial charge >= 0.3 is 0 Å². The fourth-order valence-electron chi connectivity index (χ4n) is 2.86. The number of hydrazone groups is 1. The van der Waals surface area contributed by atoms with Crippen molar-refractivity contribution >= 4 is 34.3 Å². The van der Waals surface area contributed by atoms with Gasteiger partial charge < -0.3 is 9.26 Å². The molecule has 0 spiro atoms. The molecule has 0 radical (unpaired) electrons. The molecule has 0 atom stereocenters. The van der Waals surface area contributed by atoms with Gasteiger partial charge in [-0.15, -0.1) is 0 Å². The van der Waals surface area contributed by atoms with Gasteiger partial charge in [-0.2, -0.15) is 26.7 Å². The Kier molecular flexibility index (Phi) is 5.34. The molecule has 146 valence electrons. The van der Waals surface area contributed by atoms with Crippen molar-refractivity contribution in [1.82, 2.24) is 10.1 Å². The number of hydrogen-bond acceptors (Lipinski definition) is 8. The van der Waals surface area contributed by atoms with Gasteiger partial charge in [0.1, 0.15) is 11.8 Å². The number of nitriles is 1. The molecule has 0 unspecified atom stereocenters. The summed E-state index contributed by atoms with van der Waals surface area (Å²) in [6.45, 7) is 4.04. The topological polar surface area (TPSA) is 87.5 Å². The van der Waals surface area contributed by atoms with Crippen LogP contribution in [-0.4, -0.2) is 15.9 Å². The fourth-order valence-corrected chi connectivity index (χ4v) is 3.71. The Morgan fingerprint density at radius 3 is 2.93 bits per heavy atom. The van der Waals surface area contributed by atoms with Gasteiger partial charge in [-0.25, -0.2) is 5.01 Å². The molecule has 0 N–H and O–H groups in total. The summed E-state index contributed by atoms with van der Waals surface area (Å²) in [7, 11) is 0. The Bertz CT molecular complexity index is 1140. The standard InChI is InChI=1S/C20H16ClN5O2S/c1-12-7-18(27-10-19-23-20(28-25-19)15-5-6-29-11-15)13(2)26(24-12)16-4-3-14(9-22)17(21)8-16/h3-6,8,11H,7,10H2,1-2H3. The zero-order valence-electron chi connectivity index (χ0n) is 15.7. The number of ether oxygens (including phenoxy) is 1. The zero-order chi connectivity index (χ0) is 20.4. The van der Waals surface area contributed by atoms with E-state index in [1.165, 1.54) is 0 Å². The molecule has 0 bridgehead atoms. The van der Waals surface area contributed by atoms with E-state index in [-0.39, 0.29) is 6.61 Å². The lowest BCUT2D eigenvalue weighted by atomic mass is 10.1. The molecule has 1 aromatic carbocycles. The second-order valence-corrected chi connectivity index (χ2v) is 7.61. The van der Waals surface area contributed by atoms with Gasteiger partial charge in [0.25, 0.3) is 5.89 Å². The maximum absolute atomic E-state index is 9.07. The van der Waals surface area contributed by atoms with Crippen molar-refractivity contribution in [3.63, 3.8) is 0 Å². The molecule has 3 heterocycles. The van der Waals surface area contributed by atoms with Crippen molar-refractivity contribution in [2.75, 3.05) is 5.01 Å². The van der Waals surface area contributed by atoms with Gasteiger partial charge in [0.2, 0.25) is 5.82 Å². The second-order valence-electron chi connectivity index (χ2n) is 6.42. The number of nitrogens with zero attached hydrogens (tertiary/aromatic N) is 5. The van der Waals surface area contributed by atoms with Crippen LogP contribution in [0.2, 0.25) is 5.02 Å². The molecule has 7 nitrogen and oxygen atoms in total. The fraction of sp³-hybridized carbons (Fsp3) is 0.200. The molecule has 0 fully saturated rings. The lowest BCUT2D eigenvalue weighted by molar-refractivity contribution is 0.180. The molecule has 1 aliphatic heterocycles. The smallest absolute Gasteiger partial charge is 0.258 e. The number of hydrogen-bond donors (Lipinski definition) is 0. The summed E-state index contributed by atoms with van der Waals surface area (Å²) in [5, 5.41) is 23.7. The van der Waals surface area contributed by atoms with Crippen LogP contribution in [0.5, 0.6) is 0 Å². The number of thiophene rings is 1. The SMILES string of the molecule is CC1=NN(c2ccc(C#N)c(Cl)c2)C(C)=C(OCc2noc(-c3ccsc3)n2)C1. The molecule has 9 heteroatoms. The minimum atomic E-state index is 0.190. The first-order valence-corrected chi connectivity index (χ1v) is 10.1. The first kappa shape index (κ1) is 19.2. The van der Waals surface area contributed by atoms with E-state index in [0.717, 1.165) is 28.4 Å². The van der Waals surface area contributed by atoms with E-state index in [1.54, 1.807) is 34.5 Å². The van der Waals surface area contributed by atoms with Crippen molar-refractivity contribution in [3.8, 4) is 17.5 Å². The summed E-state index contributed by atoms with van der Waals surface area (Å²) in [5.74, 6) is 1.71. The minimum absolute atomic E-state index is 0.190. The Morgan fingerprint density at radius 2 is 2.21 bits per heavy atom. The van der Waals surface area contributed by atoms with E-state index in [2.05, 4.69) is 21.3 Å². The van der Waals surface area contributed by atoms with Crippen molar-refractivity contribution in [2.24, 2.45) is 5.10 Å². The van der Waals surface area contributed by atoms with Gasteiger partial charge in [0.15, 0.2) is 6.61 Å². The van der Waals surface area contributed by atoms with Gasteiger partial charge in [0.05, 0.1) is 27.5 Å². The van der Waals surface area contributed by atoms with E-state index >= 15 is 0 Å². The highest BCUT2D eigenvalue weighted by Crippen LogP contribution is 2.31. The lowest BCUT2D eigenvalue weighted by Gasteiger charge is -2.28. The van der Waals surface area contributed by atoms with Crippen LogP contribution < -0.4 is 5.01 Å². The van der Waals surface area contributed by atoms with Crippen molar-refractivity contribution in [3.05, 3.63) is 62.9 Å². The van der Waals surface area contributed by atoms with Crippen LogP contribution in [0.4, 0.5) is 5.69 Å². The average molecular weight is 426 g/mol. The third-order valence-electron chi connectivity index (χ3n) is 4.34. The highest BCUT2D eigenvalue weighted by molar-refractivity contribution is 7.08. The van der Waals surface area contributed by atoms with Gasteiger partial charge in [-0.05, 0) is 43.5 Å². The molecule has 0 aliphatic carbocycles. The average Bonchev–Trinajstić information content (AvgIpc) is 3.40. The van der Waals surface area contributed by atoms with Crippen LogP contribution in [0, 0.1) is 11.3 Å². The monoisotopic (exact) mass is 425 g/mol. The maximum atomic E-state index is 9.07. The Hall–Kier alpha value is -3.15. The van der Waals surface area contributed by atoms with Crippen LogP contribution in [0.15, 0.2) is 56.1 Å². The molecular weight excluding hydrogens is 410 g/mol. The maximum Gasteiger partial charge on any atom is 0.258 e. The summed E-state index contributed by atoms with van der Waals surface area (Å²) >= 11 is 7.75. The van der Waals surface area contributed by atoms with E-state index in [0.29, 0.717) is 28.7 Å². The number of halogens is 1. The van der Waals surface area contributed by atoms with Crippen molar-refractivity contribution in [2.45, 2.75) is 26.9 Å². The van der Waals surface area contributed by atoms with E-state index in [9.17, 15) is 0 Å². The largest absolute Gasteiger partial charge is 0.488 e. The third kappa shape index (κ3) is 4.01. The molecule has 0 saturated carbocycles. The summed E-state index contributed by atoms with van der Waals surface area (Å²) in [6, 6.07) is 9.19. The van der Waals surface area contributed by atoms with Crippen molar-refractivity contribution in [1.29, 1.82) is 5.26 Å². The summed E-state index contributed by atoms with van der Waals surface area (Å²) in [5.41, 5.74) is 3.79. The van der Waals surface area contributed by atoms with E-state index in [4.69, 9.17) is 26.1 Å². The first-order chi connectivity index (χ1) is 14.0. The van der Waals surface area contributed by atoms with Gasteiger partial charge in [0, 0.05) is 17.5 Å². The van der Waals surface area contributed by atoms with E-state index < -0.39 is 0 Å². The molecule has 2 aromatic heterocycles. The first-order valence-electron chi connectivity index (χ1n) is 8.76. The molecule has 0 saturated heterocycles. The van der Waals surface area contributed by atoms with Crippen molar-refractivity contribution < 1.29 is 9.26 Å². The van der Waals surface area contributed by atoms with Crippen LogP contribution in [0.3, 0.4) is 0 Å². The lowest BCUT2D eigenvalue weighted by Crippen LogP contribution is -2.23. The molecular formula is C20H16ClN5O2S. The number of rotatable bonds is 5. The van der Waals surface area contributed by atoms with Crippen LogP contribution in [-0.2, 0) is 11.3 Å². The molecule has 1 aliphatic rings. The quantitative estimate of drug-likeness (QED) is 0.547. The van der Waals surface area contributed by atoms with Gasteiger partial charge in [-0.3, -0.25) is 0 Å². The minimum Gasteiger partial charge on any atom is -0.488 e. The van der Waals surface area contributed by atoms with Gasteiger partial charge in [-0.1, -0.05) is 16.8 Å². The zero-order valence-corrected chi connectivity index (χ0v) is 17.3. The Labute approximate surface area is 176 Å². The summed E-state index contributed by atoms with van der Waals surface area (Å²) < 4.78 is 11.3. The third-order valence-corrected chi connectivity index (χ3v) is 5.33. The highest BCUT2D eigenvalue weighted by Gasteiger charge is 2.21. The number of aromatic nitrogens is 2. The van der Waals surface area contributed by atoms with Crippen LogP contribution >= 0.6 is 22.9 Å². The summed E-state index contributed by atoms with van der Waals surface area (Å²) in [6.07, 6.45) is 0.585. The highest BCUT2D eigenvalue weighted by atomic mass is 35.5. The van der Waals surface area contributed by atoms with Crippen LogP contribution in [0.1, 0.15) is 31.7 Å². The Morgan fingerprint density at radius 1 is 1.34 bits per heavy atom. The number of anilines is 1. The van der Waals surface area contributed by atoms with Crippen LogP contribution in [0.25, 0.3) is 11.5 Å². The predicted octanol–water partition coefficient (Wildman–Crippen LogP) is 5.36. The summed E-state index contributed by atoms with van der Waals surface area (Å²) in [4.78, 5) is 4.38. The Balaban J connectivity index is 1.53. The molecule has 3 aromatic rings. The normalized spacial score (nSPS) is 14.0. The molecule has 0 amide bonds. The number of allylic oxidation sites excluding steroid dienone is 2. The molecule has 29 heavy (non-hydrogen) atoms. The predicted molar refractivity (Wildman–Crippen MR) is 111 cm³/mol. The van der Waals surface area contributed by atoms with E-state index in [1.807, 2.05) is 30.7 Å².